The lowest BCUT2D eigenvalue weighted by molar-refractivity contribution is 0.139. The Hall–Kier alpha value is -0.995. The zero-order valence-corrected chi connectivity index (χ0v) is 12.3. The third kappa shape index (κ3) is 4.35. The standard InChI is InChI=1S/C14H24BNO2/c1-11(2)17-15(18-12(3)4)13-9-7-8-10-14(13)16(5)6/h7-12H,1-6H3. The first kappa shape index (κ1) is 15.1. The van der Waals surface area contributed by atoms with E-state index in [4.69, 9.17) is 9.31 Å². The summed E-state index contributed by atoms with van der Waals surface area (Å²) in [6.45, 7) is 8.09. The monoisotopic (exact) mass is 249 g/mol. The summed E-state index contributed by atoms with van der Waals surface area (Å²) >= 11 is 0. The van der Waals surface area contributed by atoms with E-state index in [2.05, 4.69) is 17.0 Å². The van der Waals surface area contributed by atoms with Crippen molar-refractivity contribution in [3.05, 3.63) is 24.3 Å². The van der Waals surface area contributed by atoms with Gasteiger partial charge in [0.2, 0.25) is 0 Å². The van der Waals surface area contributed by atoms with Crippen molar-refractivity contribution in [1.29, 1.82) is 0 Å². The van der Waals surface area contributed by atoms with Crippen molar-refractivity contribution >= 4 is 18.3 Å². The molecule has 1 aromatic carbocycles. The second-order valence-corrected chi connectivity index (χ2v) is 5.15. The van der Waals surface area contributed by atoms with Gasteiger partial charge < -0.3 is 14.2 Å². The lowest BCUT2D eigenvalue weighted by atomic mass is 9.76. The highest BCUT2D eigenvalue weighted by molar-refractivity contribution is 6.63. The summed E-state index contributed by atoms with van der Waals surface area (Å²) in [5.41, 5.74) is 2.20. The second-order valence-electron chi connectivity index (χ2n) is 5.15. The minimum absolute atomic E-state index is 0.129. The van der Waals surface area contributed by atoms with E-state index in [1.165, 1.54) is 0 Å². The molecule has 0 amide bonds. The maximum Gasteiger partial charge on any atom is 0.496 e. The van der Waals surface area contributed by atoms with E-state index in [0.29, 0.717) is 0 Å². The van der Waals surface area contributed by atoms with Crippen LogP contribution >= 0.6 is 0 Å². The molecule has 0 aliphatic rings. The molecule has 0 N–H and O–H groups in total. The molecule has 0 heterocycles. The van der Waals surface area contributed by atoms with Gasteiger partial charge in [0.25, 0.3) is 0 Å². The SMILES string of the molecule is CC(C)OB(OC(C)C)c1ccccc1N(C)C. The van der Waals surface area contributed by atoms with Gasteiger partial charge in [0.1, 0.15) is 0 Å². The van der Waals surface area contributed by atoms with E-state index in [9.17, 15) is 0 Å². The summed E-state index contributed by atoms with van der Waals surface area (Å²) < 4.78 is 11.8. The molecule has 0 aliphatic heterocycles. The lowest BCUT2D eigenvalue weighted by Crippen LogP contribution is -2.43. The van der Waals surface area contributed by atoms with Crippen LogP contribution in [-0.2, 0) is 9.31 Å². The largest absolute Gasteiger partial charge is 0.496 e. The molecule has 0 aromatic heterocycles. The predicted molar refractivity (Wildman–Crippen MR) is 78.6 cm³/mol. The van der Waals surface area contributed by atoms with E-state index in [-0.39, 0.29) is 19.3 Å². The highest BCUT2D eigenvalue weighted by Crippen LogP contribution is 2.11. The zero-order chi connectivity index (χ0) is 13.7. The Balaban J connectivity index is 3.03. The normalized spacial score (nSPS) is 11.1. The first-order chi connectivity index (χ1) is 8.41. The first-order valence-electron chi connectivity index (χ1n) is 6.49. The highest BCUT2D eigenvalue weighted by atomic mass is 16.6. The third-order valence-electron chi connectivity index (χ3n) is 2.46. The fraction of sp³-hybridized carbons (Fsp3) is 0.571. The molecule has 0 bridgehead atoms. The van der Waals surface area contributed by atoms with Crippen molar-refractivity contribution in [2.24, 2.45) is 0 Å². The van der Waals surface area contributed by atoms with Crippen molar-refractivity contribution in [1.82, 2.24) is 0 Å². The highest BCUT2D eigenvalue weighted by Gasteiger charge is 2.27. The van der Waals surface area contributed by atoms with Crippen molar-refractivity contribution in [3.63, 3.8) is 0 Å². The van der Waals surface area contributed by atoms with Gasteiger partial charge in [0.15, 0.2) is 0 Å². The van der Waals surface area contributed by atoms with E-state index in [1.54, 1.807) is 0 Å². The average molecular weight is 249 g/mol. The van der Waals surface area contributed by atoms with Crippen molar-refractivity contribution in [3.8, 4) is 0 Å². The Morgan fingerprint density at radius 2 is 1.44 bits per heavy atom. The third-order valence-corrected chi connectivity index (χ3v) is 2.46. The maximum absolute atomic E-state index is 5.89. The molecule has 18 heavy (non-hydrogen) atoms. The van der Waals surface area contributed by atoms with Crippen LogP contribution in [-0.4, -0.2) is 33.4 Å². The molecule has 0 saturated carbocycles. The van der Waals surface area contributed by atoms with E-state index in [0.717, 1.165) is 11.2 Å². The Morgan fingerprint density at radius 1 is 0.944 bits per heavy atom. The zero-order valence-electron chi connectivity index (χ0n) is 12.3. The van der Waals surface area contributed by atoms with Crippen LogP contribution in [0.4, 0.5) is 5.69 Å². The Kier molecular flexibility index (Phi) is 5.70. The van der Waals surface area contributed by atoms with Crippen molar-refractivity contribution in [2.45, 2.75) is 39.9 Å². The summed E-state index contributed by atoms with van der Waals surface area (Å²) in [5.74, 6) is 0. The van der Waals surface area contributed by atoms with Crippen LogP contribution < -0.4 is 10.4 Å². The van der Waals surface area contributed by atoms with Gasteiger partial charge in [-0.3, -0.25) is 0 Å². The van der Waals surface area contributed by atoms with Gasteiger partial charge in [-0.2, -0.15) is 0 Å². The molecular formula is C14H24BNO2. The molecular weight excluding hydrogens is 225 g/mol. The second kappa shape index (κ2) is 6.81. The Bertz CT molecular complexity index is 357. The number of anilines is 1. The quantitative estimate of drug-likeness (QED) is 0.722. The van der Waals surface area contributed by atoms with Crippen LogP contribution in [0.1, 0.15) is 27.7 Å². The van der Waals surface area contributed by atoms with Gasteiger partial charge in [-0.25, -0.2) is 0 Å². The molecule has 0 aliphatic carbocycles. The first-order valence-corrected chi connectivity index (χ1v) is 6.49. The number of nitrogens with zero attached hydrogens (tertiary/aromatic N) is 1. The lowest BCUT2D eigenvalue weighted by Gasteiger charge is -2.24. The van der Waals surface area contributed by atoms with Crippen LogP contribution in [0.2, 0.25) is 0 Å². The smallest absolute Gasteiger partial charge is 0.405 e. The fourth-order valence-electron chi connectivity index (χ4n) is 1.77. The number of rotatable bonds is 6. The van der Waals surface area contributed by atoms with Gasteiger partial charge >= 0.3 is 7.12 Å². The molecule has 0 unspecified atom stereocenters. The maximum atomic E-state index is 5.89. The minimum Gasteiger partial charge on any atom is -0.405 e. The van der Waals surface area contributed by atoms with Crippen LogP contribution in [0, 0.1) is 0 Å². The molecule has 1 aromatic rings. The van der Waals surface area contributed by atoms with Crippen molar-refractivity contribution < 1.29 is 9.31 Å². The Morgan fingerprint density at radius 3 is 1.89 bits per heavy atom. The van der Waals surface area contributed by atoms with Gasteiger partial charge in [-0.05, 0) is 33.8 Å². The van der Waals surface area contributed by atoms with Gasteiger partial charge in [0.05, 0.1) is 0 Å². The van der Waals surface area contributed by atoms with Crippen LogP contribution in [0.15, 0.2) is 24.3 Å². The minimum atomic E-state index is -0.316. The van der Waals surface area contributed by atoms with E-state index >= 15 is 0 Å². The number of para-hydroxylation sites is 1. The molecule has 4 heteroatoms. The summed E-state index contributed by atoms with van der Waals surface area (Å²) in [6.07, 6.45) is 0.257. The average Bonchev–Trinajstić information content (AvgIpc) is 2.26. The van der Waals surface area contributed by atoms with E-state index < -0.39 is 0 Å². The van der Waals surface area contributed by atoms with Crippen molar-refractivity contribution in [2.75, 3.05) is 19.0 Å². The number of benzene rings is 1. The summed E-state index contributed by atoms with van der Waals surface area (Å²) in [7, 11) is 3.74. The van der Waals surface area contributed by atoms with Crippen LogP contribution in [0.5, 0.6) is 0 Å². The van der Waals surface area contributed by atoms with Crippen LogP contribution in [0.25, 0.3) is 0 Å². The topological polar surface area (TPSA) is 21.7 Å². The molecule has 1 rings (SSSR count). The Labute approximate surface area is 111 Å². The van der Waals surface area contributed by atoms with Gasteiger partial charge in [-0.1, -0.05) is 18.2 Å². The molecule has 0 fully saturated rings. The van der Waals surface area contributed by atoms with Gasteiger partial charge in [0, 0.05) is 37.5 Å². The number of hydrogen-bond donors (Lipinski definition) is 0. The summed E-state index contributed by atoms with van der Waals surface area (Å²) in [5, 5.41) is 0. The van der Waals surface area contributed by atoms with Gasteiger partial charge in [-0.15, -0.1) is 0 Å². The molecule has 0 radical (unpaired) electrons. The van der Waals surface area contributed by atoms with E-state index in [1.807, 2.05) is 53.9 Å². The molecule has 0 atom stereocenters. The molecule has 0 spiro atoms. The van der Waals surface area contributed by atoms with Crippen LogP contribution in [0.3, 0.4) is 0 Å². The predicted octanol–water partition coefficient (Wildman–Crippen LogP) is 2.30. The number of hydrogen-bond acceptors (Lipinski definition) is 3. The summed E-state index contributed by atoms with van der Waals surface area (Å²) in [6, 6.07) is 8.18. The summed E-state index contributed by atoms with van der Waals surface area (Å²) in [4.78, 5) is 2.08. The molecule has 100 valence electrons. The molecule has 3 nitrogen and oxygen atoms in total. The molecule has 0 saturated heterocycles. The fourth-order valence-corrected chi connectivity index (χ4v) is 1.77.